The molecular formula is C36H51N3O3. The Morgan fingerprint density at radius 3 is 1.81 bits per heavy atom. The van der Waals surface area contributed by atoms with Crippen molar-refractivity contribution in [1.82, 2.24) is 5.32 Å². The van der Waals surface area contributed by atoms with Gasteiger partial charge in [-0.1, -0.05) is 133 Å². The van der Waals surface area contributed by atoms with Crippen molar-refractivity contribution in [3.63, 3.8) is 0 Å². The topological polar surface area (TPSA) is 81.7 Å². The summed E-state index contributed by atoms with van der Waals surface area (Å²) in [5, 5.41) is 16.7. The van der Waals surface area contributed by atoms with E-state index in [0.29, 0.717) is 23.3 Å². The number of phenolic OH excluding ortho intramolecular Hbond substituents is 1. The zero-order chi connectivity index (χ0) is 30.0. The second-order valence-electron chi connectivity index (χ2n) is 11.4. The van der Waals surface area contributed by atoms with Crippen molar-refractivity contribution in [2.75, 3.05) is 17.0 Å². The maximum Gasteiger partial charge on any atom is 0.255 e. The number of benzene rings is 3. The molecule has 0 aliphatic rings. The first-order chi connectivity index (χ1) is 20.5. The van der Waals surface area contributed by atoms with Gasteiger partial charge in [-0.25, -0.2) is 5.01 Å². The van der Waals surface area contributed by atoms with Gasteiger partial charge in [0.05, 0.1) is 16.9 Å². The predicted octanol–water partition coefficient (Wildman–Crippen LogP) is 9.53. The lowest BCUT2D eigenvalue weighted by atomic mass is 10.0. The van der Waals surface area contributed by atoms with E-state index in [1.54, 1.807) is 18.2 Å². The molecule has 0 aromatic heterocycles. The van der Waals surface area contributed by atoms with Gasteiger partial charge < -0.3 is 10.4 Å². The van der Waals surface area contributed by atoms with E-state index in [1.165, 1.54) is 95.4 Å². The lowest BCUT2D eigenvalue weighted by Gasteiger charge is -2.24. The van der Waals surface area contributed by atoms with Crippen LogP contribution >= 0.6 is 0 Å². The van der Waals surface area contributed by atoms with Gasteiger partial charge in [0.15, 0.2) is 0 Å². The number of nitrogens with zero attached hydrogens (tertiary/aromatic N) is 1. The van der Waals surface area contributed by atoms with Crippen molar-refractivity contribution < 1.29 is 14.7 Å². The van der Waals surface area contributed by atoms with E-state index < -0.39 is 0 Å². The van der Waals surface area contributed by atoms with Gasteiger partial charge in [0, 0.05) is 24.2 Å². The van der Waals surface area contributed by atoms with E-state index in [2.05, 4.69) is 17.7 Å². The molecule has 0 unspecified atom stereocenters. The van der Waals surface area contributed by atoms with E-state index in [1.807, 2.05) is 42.5 Å². The maximum atomic E-state index is 12.9. The van der Waals surface area contributed by atoms with Crippen LogP contribution in [0.4, 0.5) is 11.4 Å². The minimum atomic E-state index is -0.271. The van der Waals surface area contributed by atoms with Gasteiger partial charge in [0.25, 0.3) is 5.91 Å². The van der Waals surface area contributed by atoms with Crippen molar-refractivity contribution >= 4 is 34.0 Å². The van der Waals surface area contributed by atoms with Crippen molar-refractivity contribution in [3.8, 4) is 5.75 Å². The molecule has 3 aromatic carbocycles. The summed E-state index contributed by atoms with van der Waals surface area (Å²) < 4.78 is 0. The van der Waals surface area contributed by atoms with Crippen molar-refractivity contribution in [3.05, 3.63) is 66.2 Å². The van der Waals surface area contributed by atoms with Gasteiger partial charge in [-0.3, -0.25) is 15.0 Å². The minimum absolute atomic E-state index is 0.0563. The number of carbonyl (C=O) groups is 2. The molecular weight excluding hydrogens is 522 g/mol. The summed E-state index contributed by atoms with van der Waals surface area (Å²) in [7, 11) is 0. The molecule has 228 valence electrons. The summed E-state index contributed by atoms with van der Waals surface area (Å²) >= 11 is 0. The first-order valence-electron chi connectivity index (χ1n) is 16.2. The number of anilines is 2. The number of hydrogen-bond donors (Lipinski definition) is 3. The van der Waals surface area contributed by atoms with Crippen LogP contribution in [0, 0.1) is 0 Å². The van der Waals surface area contributed by atoms with Crippen LogP contribution in [-0.2, 0) is 4.79 Å². The van der Waals surface area contributed by atoms with E-state index in [9.17, 15) is 14.7 Å². The zero-order valence-corrected chi connectivity index (χ0v) is 25.8. The summed E-state index contributed by atoms with van der Waals surface area (Å²) in [6.45, 7) is 4.36. The monoisotopic (exact) mass is 573 g/mol. The van der Waals surface area contributed by atoms with E-state index in [4.69, 9.17) is 0 Å². The summed E-state index contributed by atoms with van der Waals surface area (Å²) in [5.41, 5.74) is 4.80. The number of hydrazine groups is 1. The summed E-state index contributed by atoms with van der Waals surface area (Å²) in [6, 6.07) is 18.2. The quantitative estimate of drug-likeness (QED) is 0.0928. The van der Waals surface area contributed by atoms with Crippen LogP contribution in [0.5, 0.6) is 5.75 Å². The molecule has 0 fully saturated rings. The smallest absolute Gasteiger partial charge is 0.255 e. The fraction of sp³-hybridized carbons (Fsp3) is 0.500. The van der Waals surface area contributed by atoms with Crippen molar-refractivity contribution in [1.29, 1.82) is 0 Å². The molecule has 0 saturated heterocycles. The highest BCUT2D eigenvalue weighted by atomic mass is 16.3. The van der Waals surface area contributed by atoms with E-state index in [-0.39, 0.29) is 23.1 Å². The summed E-state index contributed by atoms with van der Waals surface area (Å²) in [6.07, 6.45) is 19.6. The Hall–Kier alpha value is -3.54. The lowest BCUT2D eigenvalue weighted by molar-refractivity contribution is -0.116. The number of carbonyl (C=O) groups excluding carboxylic acids is 2. The van der Waals surface area contributed by atoms with Crippen LogP contribution in [0.2, 0.25) is 0 Å². The number of amides is 2. The molecule has 0 saturated carbocycles. The number of fused-ring (bicyclic) bond motifs is 1. The Labute approximate surface area is 252 Å². The number of unbranched alkanes of at least 4 members (excludes halogenated alkanes) is 14. The summed E-state index contributed by atoms with van der Waals surface area (Å²) in [4.78, 5) is 25.2. The fourth-order valence-corrected chi connectivity index (χ4v) is 5.44. The lowest BCUT2D eigenvalue weighted by Crippen LogP contribution is -2.34. The highest BCUT2D eigenvalue weighted by molar-refractivity contribution is 6.07. The largest absolute Gasteiger partial charge is 0.506 e. The third-order valence-electron chi connectivity index (χ3n) is 7.91. The van der Waals surface area contributed by atoms with E-state index in [0.717, 1.165) is 18.2 Å². The third-order valence-corrected chi connectivity index (χ3v) is 7.91. The molecule has 0 aliphatic heterocycles. The van der Waals surface area contributed by atoms with E-state index >= 15 is 0 Å². The molecule has 42 heavy (non-hydrogen) atoms. The number of para-hydroxylation sites is 1. The van der Waals surface area contributed by atoms with Crippen LogP contribution in [0.3, 0.4) is 0 Å². The Balaban J connectivity index is 1.37. The second-order valence-corrected chi connectivity index (χ2v) is 11.4. The fourth-order valence-electron chi connectivity index (χ4n) is 5.44. The van der Waals surface area contributed by atoms with Crippen LogP contribution in [0.1, 0.15) is 121 Å². The number of aromatic hydroxyl groups is 1. The molecule has 3 N–H and O–H groups in total. The molecule has 0 spiro atoms. The van der Waals surface area contributed by atoms with Gasteiger partial charge in [-0.2, -0.15) is 0 Å². The normalized spacial score (nSPS) is 11.0. The molecule has 0 heterocycles. The van der Waals surface area contributed by atoms with Gasteiger partial charge in [-0.05, 0) is 30.7 Å². The standard InChI is InChI=1S/C36H51N3O3/c1-3-4-5-6-7-8-9-10-11-12-13-14-15-16-20-28-37-36(42)33-27-26-31-32(35(33)41)24-21-25-34(31)38-39(29(2)40)30-22-18-17-19-23-30/h17-19,21-27,38,41H,3-16,20,28H2,1-2H3,(H,37,42). The zero-order valence-electron chi connectivity index (χ0n) is 25.8. The summed E-state index contributed by atoms with van der Waals surface area (Å²) in [5.74, 6) is -0.496. The Morgan fingerprint density at radius 2 is 1.24 bits per heavy atom. The van der Waals surface area contributed by atoms with Gasteiger partial charge >= 0.3 is 0 Å². The van der Waals surface area contributed by atoms with Gasteiger partial charge in [0.1, 0.15) is 5.75 Å². The van der Waals surface area contributed by atoms with Crippen LogP contribution in [-0.4, -0.2) is 23.5 Å². The van der Waals surface area contributed by atoms with Crippen molar-refractivity contribution in [2.24, 2.45) is 0 Å². The van der Waals surface area contributed by atoms with Gasteiger partial charge in [0.2, 0.25) is 5.91 Å². The average Bonchev–Trinajstić information content (AvgIpc) is 3.00. The molecule has 6 heteroatoms. The number of phenols is 1. The first-order valence-corrected chi connectivity index (χ1v) is 16.2. The molecule has 0 atom stereocenters. The third kappa shape index (κ3) is 10.7. The molecule has 3 aromatic rings. The minimum Gasteiger partial charge on any atom is -0.506 e. The number of hydrogen-bond acceptors (Lipinski definition) is 4. The molecule has 2 amide bonds. The molecule has 0 radical (unpaired) electrons. The Kier molecular flexibility index (Phi) is 14.8. The highest BCUT2D eigenvalue weighted by Gasteiger charge is 2.17. The second kappa shape index (κ2) is 18.8. The molecule has 3 rings (SSSR count). The Morgan fingerprint density at radius 1 is 0.667 bits per heavy atom. The van der Waals surface area contributed by atoms with Crippen LogP contribution in [0.15, 0.2) is 60.7 Å². The Bertz CT molecular complexity index is 1230. The number of nitrogens with one attached hydrogen (secondary N) is 2. The first kappa shape index (κ1) is 33.0. The highest BCUT2D eigenvalue weighted by Crippen LogP contribution is 2.34. The van der Waals surface area contributed by atoms with Crippen LogP contribution < -0.4 is 15.8 Å². The predicted molar refractivity (Wildman–Crippen MR) is 176 cm³/mol. The average molecular weight is 574 g/mol. The SMILES string of the molecule is CCCCCCCCCCCCCCCCCNC(=O)c1ccc2c(NN(C(C)=O)c3ccccc3)cccc2c1O. The maximum absolute atomic E-state index is 12.9. The van der Waals surface area contributed by atoms with Gasteiger partial charge in [-0.15, -0.1) is 0 Å². The van der Waals surface area contributed by atoms with Crippen molar-refractivity contribution in [2.45, 2.75) is 110 Å². The molecule has 0 bridgehead atoms. The van der Waals surface area contributed by atoms with Crippen LogP contribution in [0.25, 0.3) is 10.8 Å². The number of rotatable bonds is 20. The molecule has 6 nitrogen and oxygen atoms in total. The molecule has 0 aliphatic carbocycles.